The maximum atomic E-state index is 12.6. The lowest BCUT2D eigenvalue weighted by atomic mass is 10.00. The normalized spacial score (nSPS) is 19.6. The standard InChI is InChI=1S/C19H27N5O/c1-14-7-6-10-23(12-14)13-15(2)22-19(25)17-11-21-24(16(17)3)18-8-4-5-9-20-18/h4-5,8-9,11,14-15H,6-7,10,12-13H2,1-3H3,(H,22,25)/t14-,15-/m0/s1. The molecule has 134 valence electrons. The average molecular weight is 341 g/mol. The van der Waals surface area contributed by atoms with Crippen LogP contribution in [0.15, 0.2) is 30.6 Å². The van der Waals surface area contributed by atoms with E-state index in [0.717, 1.165) is 37.1 Å². The van der Waals surface area contributed by atoms with Crippen molar-refractivity contribution in [3.05, 3.63) is 41.9 Å². The van der Waals surface area contributed by atoms with Crippen molar-refractivity contribution in [3.63, 3.8) is 0 Å². The van der Waals surface area contributed by atoms with Gasteiger partial charge >= 0.3 is 0 Å². The number of aromatic nitrogens is 3. The van der Waals surface area contributed by atoms with Gasteiger partial charge in [-0.05, 0) is 51.3 Å². The lowest BCUT2D eigenvalue weighted by Gasteiger charge is -2.32. The van der Waals surface area contributed by atoms with Gasteiger partial charge < -0.3 is 10.2 Å². The van der Waals surface area contributed by atoms with Gasteiger partial charge in [0.25, 0.3) is 5.91 Å². The van der Waals surface area contributed by atoms with Crippen LogP contribution in [0.2, 0.25) is 0 Å². The first-order valence-electron chi connectivity index (χ1n) is 9.04. The summed E-state index contributed by atoms with van der Waals surface area (Å²) in [5, 5.41) is 7.43. The lowest BCUT2D eigenvalue weighted by molar-refractivity contribution is 0.0919. The smallest absolute Gasteiger partial charge is 0.255 e. The second-order valence-corrected chi connectivity index (χ2v) is 7.12. The molecule has 1 saturated heterocycles. The first-order chi connectivity index (χ1) is 12.0. The fourth-order valence-corrected chi connectivity index (χ4v) is 3.53. The zero-order chi connectivity index (χ0) is 17.8. The van der Waals surface area contributed by atoms with Gasteiger partial charge in [-0.2, -0.15) is 5.10 Å². The number of carbonyl (C=O) groups excluding carboxylic acids is 1. The Balaban J connectivity index is 1.62. The molecule has 0 bridgehead atoms. The number of amides is 1. The summed E-state index contributed by atoms with van der Waals surface area (Å²) >= 11 is 0. The van der Waals surface area contributed by atoms with Gasteiger partial charge in [0.1, 0.15) is 0 Å². The van der Waals surface area contributed by atoms with E-state index in [9.17, 15) is 4.79 Å². The molecule has 3 rings (SSSR count). The predicted octanol–water partition coefficient (Wildman–Crippen LogP) is 2.43. The molecule has 6 nitrogen and oxygen atoms in total. The molecule has 0 saturated carbocycles. The van der Waals surface area contributed by atoms with Gasteiger partial charge in [-0.15, -0.1) is 0 Å². The molecule has 6 heteroatoms. The van der Waals surface area contributed by atoms with Crippen molar-refractivity contribution in [2.75, 3.05) is 19.6 Å². The van der Waals surface area contributed by atoms with E-state index in [2.05, 4.69) is 34.1 Å². The van der Waals surface area contributed by atoms with E-state index in [4.69, 9.17) is 0 Å². The van der Waals surface area contributed by atoms with Crippen LogP contribution in [0, 0.1) is 12.8 Å². The third-order valence-corrected chi connectivity index (χ3v) is 4.77. The number of nitrogens with one attached hydrogen (secondary N) is 1. The third-order valence-electron chi connectivity index (χ3n) is 4.77. The molecule has 0 spiro atoms. The molecule has 1 aliphatic heterocycles. The third kappa shape index (κ3) is 4.25. The largest absolute Gasteiger partial charge is 0.348 e. The molecule has 2 aromatic rings. The first kappa shape index (κ1) is 17.6. The van der Waals surface area contributed by atoms with E-state index in [-0.39, 0.29) is 11.9 Å². The van der Waals surface area contributed by atoms with Crippen LogP contribution >= 0.6 is 0 Å². The van der Waals surface area contributed by atoms with Crippen molar-refractivity contribution in [2.24, 2.45) is 5.92 Å². The van der Waals surface area contributed by atoms with Gasteiger partial charge in [0, 0.05) is 25.3 Å². The maximum Gasteiger partial charge on any atom is 0.255 e. The van der Waals surface area contributed by atoms with Crippen LogP contribution in [0.3, 0.4) is 0 Å². The number of piperidine rings is 1. The number of pyridine rings is 1. The van der Waals surface area contributed by atoms with Crippen LogP contribution < -0.4 is 5.32 Å². The maximum absolute atomic E-state index is 12.6. The van der Waals surface area contributed by atoms with Crippen molar-refractivity contribution in [3.8, 4) is 5.82 Å². The van der Waals surface area contributed by atoms with Crippen molar-refractivity contribution in [2.45, 2.75) is 39.7 Å². The highest BCUT2D eigenvalue weighted by atomic mass is 16.1. The summed E-state index contributed by atoms with van der Waals surface area (Å²) in [6.07, 6.45) is 5.90. The topological polar surface area (TPSA) is 63.1 Å². The minimum absolute atomic E-state index is 0.0720. The van der Waals surface area contributed by atoms with E-state index < -0.39 is 0 Å². The summed E-state index contributed by atoms with van der Waals surface area (Å²) in [5.41, 5.74) is 1.40. The molecule has 0 aromatic carbocycles. The molecule has 1 fully saturated rings. The fraction of sp³-hybridized carbons (Fsp3) is 0.526. The Morgan fingerprint density at radius 3 is 3.00 bits per heavy atom. The van der Waals surface area contributed by atoms with Crippen LogP contribution in [0.5, 0.6) is 0 Å². The molecule has 2 atom stereocenters. The van der Waals surface area contributed by atoms with E-state index >= 15 is 0 Å². The van der Waals surface area contributed by atoms with Crippen molar-refractivity contribution >= 4 is 5.91 Å². The SMILES string of the molecule is Cc1c(C(=O)N[C@@H](C)CN2CCC[C@H](C)C2)cnn1-c1ccccn1. The Kier molecular flexibility index (Phi) is 5.48. The second-order valence-electron chi connectivity index (χ2n) is 7.12. The molecule has 0 radical (unpaired) electrons. The van der Waals surface area contributed by atoms with E-state index in [1.807, 2.05) is 25.1 Å². The summed E-state index contributed by atoms with van der Waals surface area (Å²) < 4.78 is 1.70. The number of nitrogens with zero attached hydrogens (tertiary/aromatic N) is 4. The summed E-state index contributed by atoms with van der Waals surface area (Å²) in [6, 6.07) is 5.75. The number of likely N-dealkylation sites (tertiary alicyclic amines) is 1. The monoisotopic (exact) mass is 341 g/mol. The molecule has 3 heterocycles. The molecule has 25 heavy (non-hydrogen) atoms. The Bertz CT molecular complexity index is 712. The average Bonchev–Trinajstić information content (AvgIpc) is 2.97. The number of rotatable bonds is 5. The molecular formula is C19H27N5O. The predicted molar refractivity (Wildman–Crippen MR) is 97.9 cm³/mol. The molecule has 0 aliphatic carbocycles. The minimum atomic E-state index is -0.0720. The van der Waals surface area contributed by atoms with Crippen LogP contribution in [0.4, 0.5) is 0 Å². The summed E-state index contributed by atoms with van der Waals surface area (Å²) in [4.78, 5) is 19.4. The Hall–Kier alpha value is -2.21. The van der Waals surface area contributed by atoms with Crippen molar-refractivity contribution in [1.29, 1.82) is 0 Å². The zero-order valence-electron chi connectivity index (χ0n) is 15.3. The van der Waals surface area contributed by atoms with Crippen LogP contribution in [-0.4, -0.2) is 51.2 Å². The van der Waals surface area contributed by atoms with Crippen LogP contribution in [0.1, 0.15) is 42.7 Å². The van der Waals surface area contributed by atoms with E-state index in [1.54, 1.807) is 17.1 Å². The summed E-state index contributed by atoms with van der Waals surface area (Å²) in [7, 11) is 0. The highest BCUT2D eigenvalue weighted by Crippen LogP contribution is 2.16. The molecule has 1 N–H and O–H groups in total. The van der Waals surface area contributed by atoms with Gasteiger partial charge in [-0.3, -0.25) is 4.79 Å². The molecule has 2 aromatic heterocycles. The minimum Gasteiger partial charge on any atom is -0.348 e. The van der Waals surface area contributed by atoms with Gasteiger partial charge in [-0.25, -0.2) is 9.67 Å². The Morgan fingerprint density at radius 1 is 1.44 bits per heavy atom. The van der Waals surface area contributed by atoms with Gasteiger partial charge in [0.05, 0.1) is 17.5 Å². The quantitative estimate of drug-likeness (QED) is 0.907. The number of carbonyl (C=O) groups is 1. The van der Waals surface area contributed by atoms with Crippen molar-refractivity contribution in [1.82, 2.24) is 25.0 Å². The Morgan fingerprint density at radius 2 is 2.28 bits per heavy atom. The second kappa shape index (κ2) is 7.78. The highest BCUT2D eigenvalue weighted by Gasteiger charge is 2.21. The van der Waals surface area contributed by atoms with Gasteiger partial charge in [-0.1, -0.05) is 13.0 Å². The van der Waals surface area contributed by atoms with Crippen LogP contribution in [0.25, 0.3) is 5.82 Å². The lowest BCUT2D eigenvalue weighted by Crippen LogP contribution is -2.45. The number of hydrogen-bond donors (Lipinski definition) is 1. The molecule has 0 unspecified atom stereocenters. The molecule has 1 aliphatic rings. The molecule has 1 amide bonds. The van der Waals surface area contributed by atoms with Crippen LogP contribution in [-0.2, 0) is 0 Å². The summed E-state index contributed by atoms with van der Waals surface area (Å²) in [5.74, 6) is 1.39. The van der Waals surface area contributed by atoms with Gasteiger partial charge in [0.2, 0.25) is 0 Å². The zero-order valence-corrected chi connectivity index (χ0v) is 15.3. The van der Waals surface area contributed by atoms with Crippen molar-refractivity contribution < 1.29 is 4.79 Å². The first-order valence-corrected chi connectivity index (χ1v) is 9.04. The Labute approximate surface area is 149 Å². The van der Waals surface area contributed by atoms with E-state index in [0.29, 0.717) is 5.56 Å². The van der Waals surface area contributed by atoms with E-state index in [1.165, 1.54) is 12.8 Å². The molecular weight excluding hydrogens is 314 g/mol. The highest BCUT2D eigenvalue weighted by molar-refractivity contribution is 5.95. The summed E-state index contributed by atoms with van der Waals surface area (Å²) in [6.45, 7) is 9.40. The van der Waals surface area contributed by atoms with Gasteiger partial charge in [0.15, 0.2) is 5.82 Å². The number of hydrogen-bond acceptors (Lipinski definition) is 4. The fourth-order valence-electron chi connectivity index (χ4n) is 3.53.